The van der Waals surface area contributed by atoms with Gasteiger partial charge in [-0.25, -0.2) is 8.42 Å². The monoisotopic (exact) mass is 573 g/mol. The van der Waals surface area contributed by atoms with Gasteiger partial charge in [0.25, 0.3) is 0 Å². The fraction of sp³-hybridized carbons (Fsp3) is 0.440. The lowest BCUT2D eigenvalue weighted by atomic mass is 10.1. The average molecular weight is 575 g/mol. The van der Waals surface area contributed by atoms with Crippen molar-refractivity contribution in [2.45, 2.75) is 51.1 Å². The third kappa shape index (κ3) is 7.51. The maximum absolute atomic E-state index is 13.6. The van der Waals surface area contributed by atoms with Crippen molar-refractivity contribution in [1.29, 1.82) is 0 Å². The van der Waals surface area contributed by atoms with E-state index in [9.17, 15) is 18.0 Å². The van der Waals surface area contributed by atoms with Crippen molar-refractivity contribution < 1.29 is 18.0 Å². The molecule has 7 nitrogen and oxygen atoms in total. The minimum atomic E-state index is -3.93. The summed E-state index contributed by atoms with van der Waals surface area (Å²) in [5, 5.41) is 3.32. The smallest absolute Gasteiger partial charge is 0.244 e. The minimum absolute atomic E-state index is 0.0329. The van der Waals surface area contributed by atoms with Crippen molar-refractivity contribution in [1.82, 2.24) is 10.2 Å². The normalized spacial score (nSPS) is 14.9. The van der Waals surface area contributed by atoms with Crippen LogP contribution in [0.25, 0.3) is 0 Å². The molecule has 196 valence electrons. The molecule has 1 aliphatic rings. The van der Waals surface area contributed by atoms with Gasteiger partial charge in [0.15, 0.2) is 0 Å². The Labute approximate surface area is 227 Å². The fourth-order valence-electron chi connectivity index (χ4n) is 4.26. The predicted octanol–water partition coefficient (Wildman–Crippen LogP) is 4.93. The molecule has 36 heavy (non-hydrogen) atoms. The van der Waals surface area contributed by atoms with Gasteiger partial charge in [0, 0.05) is 12.6 Å². The van der Waals surface area contributed by atoms with Crippen molar-refractivity contribution in [2.75, 3.05) is 23.7 Å². The van der Waals surface area contributed by atoms with Crippen LogP contribution in [0.4, 0.5) is 5.69 Å². The van der Waals surface area contributed by atoms with E-state index in [1.807, 2.05) is 30.3 Å². The van der Waals surface area contributed by atoms with Crippen LogP contribution in [0.1, 0.15) is 38.2 Å². The molecule has 11 heteroatoms. The molecule has 0 bridgehead atoms. The summed E-state index contributed by atoms with van der Waals surface area (Å²) >= 11 is 18.4. The molecule has 0 aliphatic heterocycles. The van der Waals surface area contributed by atoms with Crippen molar-refractivity contribution in [3.8, 4) is 0 Å². The molecule has 0 saturated heterocycles. The Hall–Kier alpha value is -2.00. The lowest BCUT2D eigenvalue weighted by molar-refractivity contribution is -0.139. The molecule has 2 aromatic carbocycles. The van der Waals surface area contributed by atoms with E-state index < -0.39 is 28.5 Å². The second-order valence-electron chi connectivity index (χ2n) is 8.98. The highest BCUT2D eigenvalue weighted by atomic mass is 35.5. The van der Waals surface area contributed by atoms with Crippen LogP contribution in [-0.4, -0.2) is 56.6 Å². The molecular weight excluding hydrogens is 545 g/mol. The number of hydrogen-bond donors (Lipinski definition) is 1. The van der Waals surface area contributed by atoms with Crippen LogP contribution < -0.4 is 9.62 Å². The molecule has 1 N–H and O–H groups in total. The number of hydrogen-bond acceptors (Lipinski definition) is 4. The molecule has 1 saturated carbocycles. The zero-order valence-electron chi connectivity index (χ0n) is 20.2. The van der Waals surface area contributed by atoms with E-state index in [0.717, 1.165) is 41.8 Å². The highest BCUT2D eigenvalue weighted by Gasteiger charge is 2.32. The maximum Gasteiger partial charge on any atom is 0.244 e. The summed E-state index contributed by atoms with van der Waals surface area (Å²) in [6.07, 6.45) is 5.42. The second-order valence-corrected chi connectivity index (χ2v) is 12.1. The topological polar surface area (TPSA) is 86.8 Å². The van der Waals surface area contributed by atoms with E-state index in [1.54, 1.807) is 6.92 Å². The zero-order chi connectivity index (χ0) is 26.5. The number of halogens is 3. The largest absolute Gasteiger partial charge is 0.352 e. The Kier molecular flexibility index (Phi) is 9.92. The van der Waals surface area contributed by atoms with E-state index >= 15 is 0 Å². The number of anilines is 1. The first-order valence-electron chi connectivity index (χ1n) is 11.7. The lowest BCUT2D eigenvalue weighted by Gasteiger charge is -2.32. The number of sulfonamides is 1. The van der Waals surface area contributed by atoms with Crippen LogP contribution >= 0.6 is 34.8 Å². The Morgan fingerprint density at radius 1 is 1.03 bits per heavy atom. The van der Waals surface area contributed by atoms with E-state index in [4.69, 9.17) is 34.8 Å². The molecule has 1 atom stereocenters. The summed E-state index contributed by atoms with van der Waals surface area (Å²) in [6.45, 7) is 1.34. The van der Waals surface area contributed by atoms with Crippen LogP contribution in [0.15, 0.2) is 42.5 Å². The minimum Gasteiger partial charge on any atom is -0.352 e. The Morgan fingerprint density at radius 2 is 1.64 bits per heavy atom. The van der Waals surface area contributed by atoms with Gasteiger partial charge in [0.2, 0.25) is 21.8 Å². The summed E-state index contributed by atoms with van der Waals surface area (Å²) < 4.78 is 26.3. The third-order valence-electron chi connectivity index (χ3n) is 6.29. The zero-order valence-corrected chi connectivity index (χ0v) is 23.3. The van der Waals surface area contributed by atoms with Crippen molar-refractivity contribution >= 4 is 62.3 Å². The maximum atomic E-state index is 13.6. The first-order valence-corrected chi connectivity index (χ1v) is 14.7. The first-order chi connectivity index (χ1) is 17.0. The number of nitrogens with one attached hydrogen (secondary N) is 1. The Balaban J connectivity index is 1.87. The van der Waals surface area contributed by atoms with Gasteiger partial charge in [-0.2, -0.15) is 0 Å². The van der Waals surface area contributed by atoms with Gasteiger partial charge < -0.3 is 10.2 Å². The number of amides is 2. The van der Waals surface area contributed by atoms with Crippen LogP contribution in [0, 0.1) is 0 Å². The van der Waals surface area contributed by atoms with E-state index in [0.29, 0.717) is 6.42 Å². The number of benzene rings is 2. The number of nitrogens with zero attached hydrogens (tertiary/aromatic N) is 2. The summed E-state index contributed by atoms with van der Waals surface area (Å²) in [5.41, 5.74) is 1.03. The Morgan fingerprint density at radius 3 is 2.25 bits per heavy atom. The molecule has 2 aromatic rings. The van der Waals surface area contributed by atoms with Gasteiger partial charge in [0.1, 0.15) is 12.6 Å². The molecule has 3 rings (SSSR count). The standard InChI is InChI=1S/C25H30Cl3N3O4S/c1-17(25(33)29-19-10-6-7-11-19)30(13-12-18-8-4-3-5-9-18)24(32)16-31(36(2,34)35)23-15-21(27)20(26)14-22(23)28/h3-5,8-9,14-15,17,19H,6-7,10-13,16H2,1-2H3,(H,29,33)/t17-/m0/s1. The van der Waals surface area contributed by atoms with Gasteiger partial charge in [-0.05, 0) is 43.9 Å². The molecule has 1 aliphatic carbocycles. The van der Waals surface area contributed by atoms with Crippen LogP contribution in [-0.2, 0) is 26.0 Å². The second kappa shape index (κ2) is 12.5. The molecule has 0 spiro atoms. The summed E-state index contributed by atoms with van der Waals surface area (Å²) in [7, 11) is -3.93. The molecule has 0 aromatic heterocycles. The summed E-state index contributed by atoms with van der Waals surface area (Å²) in [4.78, 5) is 28.1. The van der Waals surface area contributed by atoms with Gasteiger partial charge >= 0.3 is 0 Å². The Bertz CT molecular complexity index is 1190. The first kappa shape index (κ1) is 28.6. The average Bonchev–Trinajstić information content (AvgIpc) is 3.33. The molecule has 0 heterocycles. The molecule has 2 amide bonds. The van der Waals surface area contributed by atoms with Crippen LogP contribution in [0.5, 0.6) is 0 Å². The molecule has 1 fully saturated rings. The SMILES string of the molecule is C[C@@H](C(=O)NC1CCCC1)N(CCc1ccccc1)C(=O)CN(c1cc(Cl)c(Cl)cc1Cl)S(C)(=O)=O. The molecular formula is C25H30Cl3N3O4S. The number of rotatable bonds is 10. The highest BCUT2D eigenvalue weighted by molar-refractivity contribution is 7.92. The quantitative estimate of drug-likeness (QED) is 0.408. The predicted molar refractivity (Wildman–Crippen MR) is 145 cm³/mol. The van der Waals surface area contributed by atoms with Crippen molar-refractivity contribution in [2.24, 2.45) is 0 Å². The van der Waals surface area contributed by atoms with Crippen molar-refractivity contribution in [3.63, 3.8) is 0 Å². The van der Waals surface area contributed by atoms with E-state index in [2.05, 4.69) is 5.32 Å². The van der Waals surface area contributed by atoms with Crippen LogP contribution in [0.3, 0.4) is 0 Å². The van der Waals surface area contributed by atoms with Gasteiger partial charge in [-0.15, -0.1) is 0 Å². The lowest BCUT2D eigenvalue weighted by Crippen LogP contribution is -2.53. The van der Waals surface area contributed by atoms with Crippen LogP contribution in [0.2, 0.25) is 15.1 Å². The van der Waals surface area contributed by atoms with Gasteiger partial charge in [0.05, 0.1) is 27.0 Å². The van der Waals surface area contributed by atoms with E-state index in [1.165, 1.54) is 17.0 Å². The summed E-state index contributed by atoms with van der Waals surface area (Å²) in [6, 6.07) is 11.5. The molecule has 0 unspecified atom stereocenters. The van der Waals surface area contributed by atoms with E-state index in [-0.39, 0.29) is 39.2 Å². The molecule has 0 radical (unpaired) electrons. The number of carbonyl (C=O) groups excluding carboxylic acids is 2. The summed E-state index contributed by atoms with van der Waals surface area (Å²) in [5.74, 6) is -0.797. The fourth-order valence-corrected chi connectivity index (χ4v) is 5.81. The highest BCUT2D eigenvalue weighted by Crippen LogP contribution is 2.35. The number of carbonyl (C=O) groups is 2. The van der Waals surface area contributed by atoms with Gasteiger partial charge in [-0.1, -0.05) is 78.0 Å². The third-order valence-corrected chi connectivity index (χ3v) is 8.44. The van der Waals surface area contributed by atoms with Gasteiger partial charge in [-0.3, -0.25) is 13.9 Å². The van der Waals surface area contributed by atoms with Crippen molar-refractivity contribution in [3.05, 3.63) is 63.1 Å².